The molecule has 1 N–H and O–H groups in total. The molecule has 5 heteroatoms. The summed E-state index contributed by atoms with van der Waals surface area (Å²) in [6.07, 6.45) is 1.70. The van der Waals surface area contributed by atoms with Gasteiger partial charge in [0, 0.05) is 17.6 Å². The quantitative estimate of drug-likeness (QED) is 0.926. The number of thiazole rings is 1. The Balaban J connectivity index is 2.19. The maximum Gasteiger partial charge on any atom is 0.124 e. The number of hydrogen-bond acceptors (Lipinski definition) is 3. The minimum Gasteiger partial charge on any atom is -0.388 e. The maximum atomic E-state index is 12.9. The second-order valence-electron chi connectivity index (χ2n) is 3.74. The summed E-state index contributed by atoms with van der Waals surface area (Å²) in [5.74, 6) is -0.345. The summed E-state index contributed by atoms with van der Waals surface area (Å²) in [5, 5.41) is 10.6. The van der Waals surface area contributed by atoms with E-state index in [2.05, 4.69) is 4.98 Å². The van der Waals surface area contributed by atoms with Crippen molar-refractivity contribution in [2.75, 3.05) is 0 Å². The molecule has 0 aliphatic rings. The molecule has 0 saturated carbocycles. The van der Waals surface area contributed by atoms with Gasteiger partial charge < -0.3 is 5.11 Å². The zero-order valence-corrected chi connectivity index (χ0v) is 10.7. The number of rotatable bonds is 3. The van der Waals surface area contributed by atoms with E-state index in [0.717, 1.165) is 15.4 Å². The topological polar surface area (TPSA) is 33.1 Å². The van der Waals surface area contributed by atoms with Gasteiger partial charge in [-0.3, -0.25) is 0 Å². The fraction of sp³-hybridized carbons (Fsp3) is 0.250. The van der Waals surface area contributed by atoms with Crippen molar-refractivity contribution in [1.82, 2.24) is 4.98 Å². The predicted molar refractivity (Wildman–Crippen MR) is 67.0 cm³/mol. The summed E-state index contributed by atoms with van der Waals surface area (Å²) in [5.41, 5.74) is 0.833. The first-order valence-electron chi connectivity index (χ1n) is 5.13. The van der Waals surface area contributed by atoms with Gasteiger partial charge in [-0.25, -0.2) is 9.37 Å². The molecule has 17 heavy (non-hydrogen) atoms. The number of nitrogens with zero attached hydrogens (tertiary/aromatic N) is 1. The van der Waals surface area contributed by atoms with E-state index in [0.29, 0.717) is 11.4 Å². The van der Waals surface area contributed by atoms with Crippen molar-refractivity contribution in [3.05, 3.63) is 50.7 Å². The Morgan fingerprint density at radius 3 is 2.88 bits per heavy atom. The number of benzene rings is 1. The van der Waals surface area contributed by atoms with Gasteiger partial charge in [0.25, 0.3) is 0 Å². The van der Waals surface area contributed by atoms with Gasteiger partial charge in [0.1, 0.15) is 5.82 Å². The third-order valence-corrected chi connectivity index (χ3v) is 3.86. The summed E-state index contributed by atoms with van der Waals surface area (Å²) in [6, 6.07) is 4.32. The fourth-order valence-corrected chi connectivity index (χ4v) is 2.54. The highest BCUT2D eigenvalue weighted by Crippen LogP contribution is 2.25. The van der Waals surface area contributed by atoms with Gasteiger partial charge in [0.05, 0.1) is 16.0 Å². The Kier molecular flexibility index (Phi) is 3.76. The van der Waals surface area contributed by atoms with Crippen LogP contribution in [0.1, 0.15) is 28.5 Å². The molecule has 1 unspecified atom stereocenters. The van der Waals surface area contributed by atoms with Crippen LogP contribution in [0.3, 0.4) is 0 Å². The molecule has 1 atom stereocenters. The van der Waals surface area contributed by atoms with E-state index >= 15 is 0 Å². The highest BCUT2D eigenvalue weighted by atomic mass is 35.5. The molecule has 0 saturated heterocycles. The summed E-state index contributed by atoms with van der Waals surface area (Å²) in [6.45, 7) is 1.70. The van der Waals surface area contributed by atoms with Crippen molar-refractivity contribution < 1.29 is 9.50 Å². The van der Waals surface area contributed by atoms with E-state index < -0.39 is 6.10 Å². The standard InChI is InChI=1S/C12H11ClFNOS/c1-7(16)11-6-15-12(17-11)4-8-2-3-9(14)5-10(8)13/h2-3,5-7,16H,4H2,1H3. The fourth-order valence-electron chi connectivity index (χ4n) is 1.43. The van der Waals surface area contributed by atoms with Gasteiger partial charge in [0.15, 0.2) is 0 Å². The molecule has 0 spiro atoms. The van der Waals surface area contributed by atoms with Gasteiger partial charge >= 0.3 is 0 Å². The molecule has 0 fully saturated rings. The van der Waals surface area contributed by atoms with E-state index in [9.17, 15) is 9.50 Å². The zero-order valence-electron chi connectivity index (χ0n) is 9.15. The molecular weight excluding hydrogens is 261 g/mol. The molecule has 2 rings (SSSR count). The maximum absolute atomic E-state index is 12.9. The van der Waals surface area contributed by atoms with Gasteiger partial charge in [-0.15, -0.1) is 11.3 Å². The van der Waals surface area contributed by atoms with Gasteiger partial charge in [-0.2, -0.15) is 0 Å². The number of halogens is 2. The molecule has 0 aliphatic heterocycles. The highest BCUT2D eigenvalue weighted by Gasteiger charge is 2.09. The van der Waals surface area contributed by atoms with Crippen LogP contribution in [0.25, 0.3) is 0 Å². The van der Waals surface area contributed by atoms with Crippen LogP contribution in [-0.2, 0) is 6.42 Å². The van der Waals surface area contributed by atoms with Crippen LogP contribution < -0.4 is 0 Å². The molecule has 0 bridgehead atoms. The summed E-state index contributed by atoms with van der Waals surface area (Å²) >= 11 is 7.37. The number of aliphatic hydroxyl groups is 1. The Bertz CT molecular complexity index is 527. The molecule has 0 aliphatic carbocycles. The SMILES string of the molecule is CC(O)c1cnc(Cc2ccc(F)cc2Cl)s1. The molecule has 90 valence electrons. The Hall–Kier alpha value is -0.970. The second kappa shape index (κ2) is 5.12. The first-order chi connectivity index (χ1) is 8.06. The normalized spacial score (nSPS) is 12.7. The average molecular weight is 272 g/mol. The van der Waals surface area contributed by atoms with Crippen LogP contribution in [0.4, 0.5) is 4.39 Å². The Morgan fingerprint density at radius 1 is 1.53 bits per heavy atom. The van der Waals surface area contributed by atoms with Crippen LogP contribution in [0.5, 0.6) is 0 Å². The largest absolute Gasteiger partial charge is 0.388 e. The first-order valence-corrected chi connectivity index (χ1v) is 6.32. The molecule has 0 radical (unpaired) electrons. The van der Waals surface area contributed by atoms with Crippen LogP contribution in [0.15, 0.2) is 24.4 Å². The van der Waals surface area contributed by atoms with E-state index in [1.807, 2.05) is 0 Å². The van der Waals surface area contributed by atoms with Crippen molar-refractivity contribution >= 4 is 22.9 Å². The zero-order chi connectivity index (χ0) is 12.4. The number of hydrogen-bond donors (Lipinski definition) is 1. The van der Waals surface area contributed by atoms with Crippen molar-refractivity contribution in [3.8, 4) is 0 Å². The van der Waals surface area contributed by atoms with Crippen molar-refractivity contribution in [3.63, 3.8) is 0 Å². The minimum absolute atomic E-state index is 0.345. The van der Waals surface area contributed by atoms with Gasteiger partial charge in [0.2, 0.25) is 0 Å². The minimum atomic E-state index is -0.509. The van der Waals surface area contributed by atoms with Gasteiger partial charge in [-0.1, -0.05) is 17.7 Å². The lowest BCUT2D eigenvalue weighted by Crippen LogP contribution is -1.89. The smallest absolute Gasteiger partial charge is 0.124 e. The highest BCUT2D eigenvalue weighted by molar-refractivity contribution is 7.11. The number of aromatic nitrogens is 1. The molecular formula is C12H11ClFNOS. The van der Waals surface area contributed by atoms with E-state index in [4.69, 9.17) is 11.6 Å². The van der Waals surface area contributed by atoms with E-state index in [1.165, 1.54) is 23.5 Å². The van der Waals surface area contributed by atoms with Crippen LogP contribution in [-0.4, -0.2) is 10.1 Å². The van der Waals surface area contributed by atoms with Crippen LogP contribution >= 0.6 is 22.9 Å². The van der Waals surface area contributed by atoms with Crippen molar-refractivity contribution in [1.29, 1.82) is 0 Å². The lowest BCUT2D eigenvalue weighted by atomic mass is 10.1. The van der Waals surface area contributed by atoms with Crippen LogP contribution in [0.2, 0.25) is 5.02 Å². The lowest BCUT2D eigenvalue weighted by Gasteiger charge is -2.01. The summed E-state index contributed by atoms with van der Waals surface area (Å²) in [7, 11) is 0. The van der Waals surface area contributed by atoms with Crippen LogP contribution in [0, 0.1) is 5.82 Å². The average Bonchev–Trinajstić information content (AvgIpc) is 2.71. The van der Waals surface area contributed by atoms with Crippen molar-refractivity contribution in [2.45, 2.75) is 19.4 Å². The molecule has 1 aromatic carbocycles. The summed E-state index contributed by atoms with van der Waals surface area (Å²) < 4.78 is 12.9. The number of aliphatic hydroxyl groups excluding tert-OH is 1. The second-order valence-corrected chi connectivity index (χ2v) is 5.30. The summed E-state index contributed by atoms with van der Waals surface area (Å²) in [4.78, 5) is 5.02. The van der Waals surface area contributed by atoms with Crippen molar-refractivity contribution in [2.24, 2.45) is 0 Å². The molecule has 0 amide bonds. The third kappa shape index (κ3) is 3.03. The molecule has 2 aromatic rings. The van der Waals surface area contributed by atoms with E-state index in [-0.39, 0.29) is 5.82 Å². The molecule has 1 aromatic heterocycles. The molecule has 2 nitrogen and oxygen atoms in total. The first kappa shape index (κ1) is 12.5. The van der Waals surface area contributed by atoms with Gasteiger partial charge in [-0.05, 0) is 24.6 Å². The Labute approximate surface area is 108 Å². The third-order valence-electron chi connectivity index (χ3n) is 2.34. The molecule has 1 heterocycles. The monoisotopic (exact) mass is 271 g/mol. The Morgan fingerprint density at radius 2 is 2.29 bits per heavy atom. The van der Waals surface area contributed by atoms with E-state index in [1.54, 1.807) is 19.2 Å². The predicted octanol–water partition coefficient (Wildman–Crippen LogP) is 3.58. The lowest BCUT2D eigenvalue weighted by molar-refractivity contribution is 0.203.